The van der Waals surface area contributed by atoms with E-state index in [1.165, 1.54) is 29.8 Å². The molecular formula is C38H29F9O2. The summed E-state index contributed by atoms with van der Waals surface area (Å²) in [6.45, 7) is 0.334. The molecule has 0 radical (unpaired) electrons. The summed E-state index contributed by atoms with van der Waals surface area (Å²) in [5, 5.41) is 0. The highest BCUT2D eigenvalue weighted by atomic mass is 19.4. The van der Waals surface area contributed by atoms with E-state index in [-0.39, 0.29) is 22.3 Å². The van der Waals surface area contributed by atoms with Crippen LogP contribution in [0.5, 0.6) is 11.5 Å². The van der Waals surface area contributed by atoms with Gasteiger partial charge in [0.2, 0.25) is 0 Å². The fourth-order valence-corrected chi connectivity index (χ4v) is 5.23. The number of hydrogen-bond donors (Lipinski definition) is 0. The van der Waals surface area contributed by atoms with Gasteiger partial charge in [-0.25, -0.2) is 17.6 Å². The Morgan fingerprint density at radius 1 is 0.551 bits per heavy atom. The van der Waals surface area contributed by atoms with Crippen LogP contribution >= 0.6 is 0 Å². The van der Waals surface area contributed by atoms with Gasteiger partial charge in [-0.2, -0.15) is 22.0 Å². The largest absolute Gasteiger partial charge is 0.481 e. The highest BCUT2D eigenvalue weighted by Crippen LogP contribution is 2.38. The third-order valence-electron chi connectivity index (χ3n) is 7.74. The lowest BCUT2D eigenvalue weighted by Crippen LogP contribution is -2.23. The third kappa shape index (κ3) is 8.76. The third-order valence-corrected chi connectivity index (χ3v) is 7.74. The highest BCUT2D eigenvalue weighted by molar-refractivity contribution is 5.74. The van der Waals surface area contributed by atoms with E-state index in [2.05, 4.69) is 16.4 Å². The quantitative estimate of drug-likeness (QED) is 0.0960. The molecule has 0 unspecified atom stereocenters. The van der Waals surface area contributed by atoms with Crippen molar-refractivity contribution >= 4 is 0 Å². The van der Waals surface area contributed by atoms with Gasteiger partial charge in [0.25, 0.3) is 0 Å². The number of aryl methyl sites for hydroxylation is 1. The molecule has 0 aliphatic carbocycles. The van der Waals surface area contributed by atoms with E-state index < -0.39 is 59.2 Å². The van der Waals surface area contributed by atoms with Crippen LogP contribution in [0, 0.1) is 23.3 Å². The van der Waals surface area contributed by atoms with Crippen molar-refractivity contribution in [3.05, 3.63) is 131 Å². The van der Waals surface area contributed by atoms with Crippen molar-refractivity contribution in [3.8, 4) is 44.9 Å². The fourth-order valence-electron chi connectivity index (χ4n) is 5.23. The molecule has 2 nitrogen and oxygen atoms in total. The lowest BCUT2D eigenvalue weighted by Gasteiger charge is -2.20. The second-order valence-corrected chi connectivity index (χ2v) is 11.4. The lowest BCUT2D eigenvalue weighted by atomic mass is 9.96. The molecule has 0 aliphatic heterocycles. The molecule has 0 aromatic heterocycles. The van der Waals surface area contributed by atoms with Crippen LogP contribution in [-0.4, -0.2) is 12.8 Å². The molecule has 0 heterocycles. The molecule has 0 fully saturated rings. The Hall–Kier alpha value is -4.93. The van der Waals surface area contributed by atoms with Gasteiger partial charge in [0, 0.05) is 17.2 Å². The maximum Gasteiger partial charge on any atom is 0.429 e. The van der Waals surface area contributed by atoms with Crippen LogP contribution in [0.2, 0.25) is 0 Å². The summed E-state index contributed by atoms with van der Waals surface area (Å²) in [5.41, 5.74) is 1.48. The van der Waals surface area contributed by atoms with Gasteiger partial charge in [0.15, 0.2) is 18.2 Å². The summed E-state index contributed by atoms with van der Waals surface area (Å²) in [7, 11) is 0. The standard InChI is InChI=1S/C38H29F9O2/c1-2-3-4-5-23-6-8-24(9-7-23)25-10-14-29(32(39)18-25)26-11-15-30(33(40)19-26)27-12-16-31(34(41)20-27)38(46,47)49-28-13-17-36(35(42)21-28)48-22-37(43,44)45/h6-21H,2-5,22H2,1H3. The minimum Gasteiger partial charge on any atom is -0.481 e. The minimum atomic E-state index is -4.76. The Labute approximate surface area is 276 Å². The Morgan fingerprint density at radius 2 is 1.12 bits per heavy atom. The first kappa shape index (κ1) is 35.4. The van der Waals surface area contributed by atoms with E-state index in [1.54, 1.807) is 6.07 Å². The lowest BCUT2D eigenvalue weighted by molar-refractivity contribution is -0.187. The first-order valence-corrected chi connectivity index (χ1v) is 15.3. The van der Waals surface area contributed by atoms with Crippen molar-refractivity contribution in [2.75, 3.05) is 6.61 Å². The van der Waals surface area contributed by atoms with E-state index in [4.69, 9.17) is 0 Å². The molecule has 256 valence electrons. The normalized spacial score (nSPS) is 11.9. The van der Waals surface area contributed by atoms with Crippen LogP contribution in [0.1, 0.15) is 37.3 Å². The van der Waals surface area contributed by atoms with Gasteiger partial charge in [-0.15, -0.1) is 0 Å². The average Bonchev–Trinajstić information content (AvgIpc) is 3.04. The number of hydrogen-bond acceptors (Lipinski definition) is 2. The summed E-state index contributed by atoms with van der Waals surface area (Å²) in [6, 6.07) is 20.3. The van der Waals surface area contributed by atoms with Gasteiger partial charge in [-0.1, -0.05) is 74.4 Å². The molecule has 5 rings (SSSR count). The average molecular weight is 689 g/mol. The molecule has 0 saturated heterocycles. The zero-order valence-corrected chi connectivity index (χ0v) is 26.0. The van der Waals surface area contributed by atoms with Gasteiger partial charge in [0.1, 0.15) is 23.2 Å². The predicted octanol–water partition coefficient (Wildman–Crippen LogP) is 12.0. The van der Waals surface area contributed by atoms with E-state index in [1.807, 2.05) is 24.3 Å². The van der Waals surface area contributed by atoms with Gasteiger partial charge in [0.05, 0.1) is 5.56 Å². The summed E-state index contributed by atoms with van der Waals surface area (Å²) >= 11 is 0. The molecule has 5 aromatic rings. The molecule has 0 atom stereocenters. The number of halogens is 9. The number of ether oxygens (including phenoxy) is 2. The van der Waals surface area contributed by atoms with Crippen LogP contribution in [0.25, 0.3) is 33.4 Å². The van der Waals surface area contributed by atoms with E-state index in [0.717, 1.165) is 49.4 Å². The van der Waals surface area contributed by atoms with Crippen LogP contribution < -0.4 is 9.47 Å². The SMILES string of the molecule is CCCCCc1ccc(-c2ccc(-c3ccc(-c4ccc(C(F)(F)Oc5ccc(OCC(F)(F)F)c(F)c5)c(F)c4)c(F)c3)c(F)c2)cc1. The van der Waals surface area contributed by atoms with E-state index in [9.17, 15) is 30.7 Å². The Morgan fingerprint density at radius 3 is 1.69 bits per heavy atom. The van der Waals surface area contributed by atoms with Crippen molar-refractivity contribution < 1.29 is 49.0 Å². The van der Waals surface area contributed by atoms with Gasteiger partial charge >= 0.3 is 12.3 Å². The van der Waals surface area contributed by atoms with Crippen molar-refractivity contribution in [3.63, 3.8) is 0 Å². The maximum absolute atomic E-state index is 15.3. The molecular weight excluding hydrogens is 659 g/mol. The smallest absolute Gasteiger partial charge is 0.429 e. The molecule has 49 heavy (non-hydrogen) atoms. The fraction of sp³-hybridized carbons (Fsp3) is 0.211. The number of alkyl halides is 5. The Kier molecular flexibility index (Phi) is 10.6. The first-order valence-electron chi connectivity index (χ1n) is 15.3. The second kappa shape index (κ2) is 14.7. The van der Waals surface area contributed by atoms with Crippen molar-refractivity contribution in [2.24, 2.45) is 0 Å². The van der Waals surface area contributed by atoms with Crippen LogP contribution in [-0.2, 0) is 12.5 Å². The van der Waals surface area contributed by atoms with Gasteiger partial charge < -0.3 is 9.47 Å². The topological polar surface area (TPSA) is 18.5 Å². The van der Waals surface area contributed by atoms with E-state index in [0.29, 0.717) is 29.8 Å². The van der Waals surface area contributed by atoms with Crippen LogP contribution in [0.4, 0.5) is 39.5 Å². The number of benzene rings is 5. The molecule has 0 spiro atoms. The maximum atomic E-state index is 15.3. The van der Waals surface area contributed by atoms with Gasteiger partial charge in [-0.3, -0.25) is 0 Å². The minimum absolute atomic E-state index is 0.104. The molecule has 11 heteroatoms. The first-order chi connectivity index (χ1) is 23.2. The second-order valence-electron chi connectivity index (χ2n) is 11.4. The molecule has 0 N–H and O–H groups in total. The Balaban J connectivity index is 1.30. The van der Waals surface area contributed by atoms with Gasteiger partial charge in [-0.05, 0) is 77.1 Å². The monoisotopic (exact) mass is 688 g/mol. The molecule has 5 aromatic carbocycles. The number of rotatable bonds is 12. The van der Waals surface area contributed by atoms with Crippen molar-refractivity contribution in [1.82, 2.24) is 0 Å². The molecule has 0 amide bonds. The zero-order chi connectivity index (χ0) is 35.3. The summed E-state index contributed by atoms with van der Waals surface area (Å²) in [4.78, 5) is 0. The molecule has 0 aliphatic rings. The molecule has 0 bridgehead atoms. The van der Waals surface area contributed by atoms with Crippen molar-refractivity contribution in [2.45, 2.75) is 44.9 Å². The Bertz CT molecular complexity index is 1920. The summed E-state index contributed by atoms with van der Waals surface area (Å²) < 4.78 is 135. The summed E-state index contributed by atoms with van der Waals surface area (Å²) in [5.74, 6) is -6.01. The van der Waals surface area contributed by atoms with Crippen LogP contribution in [0.15, 0.2) is 97.1 Å². The highest BCUT2D eigenvalue weighted by Gasteiger charge is 2.38. The number of unbranched alkanes of at least 4 members (excludes halogenated alkanes) is 2. The van der Waals surface area contributed by atoms with Crippen molar-refractivity contribution in [1.29, 1.82) is 0 Å². The molecule has 0 saturated carbocycles. The van der Waals surface area contributed by atoms with E-state index >= 15 is 8.78 Å². The predicted molar refractivity (Wildman–Crippen MR) is 168 cm³/mol. The van der Waals surface area contributed by atoms with Crippen LogP contribution in [0.3, 0.4) is 0 Å². The summed E-state index contributed by atoms with van der Waals surface area (Å²) in [6.07, 6.45) is -4.77. The zero-order valence-electron chi connectivity index (χ0n) is 26.0.